The van der Waals surface area contributed by atoms with Crippen molar-refractivity contribution in [1.29, 1.82) is 0 Å². The number of ether oxygens (including phenoxy) is 1. The van der Waals surface area contributed by atoms with Crippen LogP contribution in [0, 0.1) is 0 Å². The molecule has 0 atom stereocenters. The van der Waals surface area contributed by atoms with Gasteiger partial charge in [-0.15, -0.1) is 0 Å². The first kappa shape index (κ1) is 12.9. The number of anilines is 1. The Bertz CT molecular complexity index is 335. The van der Waals surface area contributed by atoms with E-state index in [1.54, 1.807) is 0 Å². The van der Waals surface area contributed by atoms with Gasteiger partial charge in [0.15, 0.2) is 0 Å². The van der Waals surface area contributed by atoms with Crippen molar-refractivity contribution in [2.75, 3.05) is 18.5 Å². The molecule has 0 spiro atoms. The molecule has 0 unspecified atom stereocenters. The molecular formula is C12H18N2OS. The number of hydrogen-bond acceptors (Lipinski definition) is 3. The van der Waals surface area contributed by atoms with Crippen molar-refractivity contribution in [3.8, 4) is 0 Å². The molecule has 0 aliphatic carbocycles. The third-order valence-electron chi connectivity index (χ3n) is 2.05. The molecule has 3 nitrogen and oxygen atoms in total. The van der Waals surface area contributed by atoms with E-state index in [1.165, 1.54) is 0 Å². The van der Waals surface area contributed by atoms with Gasteiger partial charge in [0.1, 0.15) is 4.99 Å². The minimum Gasteiger partial charge on any atom is -0.389 e. The van der Waals surface area contributed by atoms with Gasteiger partial charge in [0.25, 0.3) is 0 Å². The van der Waals surface area contributed by atoms with Crippen molar-refractivity contribution < 1.29 is 4.74 Å². The second-order valence-electron chi connectivity index (χ2n) is 3.79. The Labute approximate surface area is 102 Å². The van der Waals surface area contributed by atoms with Crippen LogP contribution in [0.15, 0.2) is 24.3 Å². The molecule has 0 bridgehead atoms. The standard InChI is InChI=1S/C12H18N2OS/c1-9(2)15-8-7-14-11-5-3-10(4-6-11)12(13)16/h3-6,9,14H,7-8H2,1-2H3,(H2,13,16). The van der Waals surface area contributed by atoms with E-state index in [-0.39, 0.29) is 6.10 Å². The van der Waals surface area contributed by atoms with Crippen molar-refractivity contribution in [1.82, 2.24) is 0 Å². The Morgan fingerprint density at radius 2 is 2.00 bits per heavy atom. The maximum atomic E-state index is 5.51. The third kappa shape index (κ3) is 4.59. The lowest BCUT2D eigenvalue weighted by molar-refractivity contribution is 0.0870. The van der Waals surface area contributed by atoms with Crippen LogP contribution in [0.5, 0.6) is 0 Å². The molecule has 0 fully saturated rings. The summed E-state index contributed by atoms with van der Waals surface area (Å²) < 4.78 is 5.42. The molecule has 1 aromatic rings. The number of benzene rings is 1. The second-order valence-corrected chi connectivity index (χ2v) is 4.23. The zero-order valence-electron chi connectivity index (χ0n) is 9.69. The van der Waals surface area contributed by atoms with E-state index in [1.807, 2.05) is 38.1 Å². The summed E-state index contributed by atoms with van der Waals surface area (Å²) in [5, 5.41) is 3.26. The zero-order chi connectivity index (χ0) is 12.0. The molecule has 0 aliphatic heterocycles. The topological polar surface area (TPSA) is 47.3 Å². The highest BCUT2D eigenvalue weighted by Crippen LogP contribution is 2.08. The van der Waals surface area contributed by atoms with Gasteiger partial charge in [0.2, 0.25) is 0 Å². The lowest BCUT2D eigenvalue weighted by atomic mass is 10.2. The number of nitrogens with one attached hydrogen (secondary N) is 1. The summed E-state index contributed by atoms with van der Waals surface area (Å²) in [6, 6.07) is 7.75. The summed E-state index contributed by atoms with van der Waals surface area (Å²) >= 11 is 4.88. The molecule has 0 aliphatic rings. The molecule has 16 heavy (non-hydrogen) atoms. The molecule has 0 heterocycles. The van der Waals surface area contributed by atoms with E-state index < -0.39 is 0 Å². The summed E-state index contributed by atoms with van der Waals surface area (Å²) in [5.41, 5.74) is 7.45. The van der Waals surface area contributed by atoms with Gasteiger partial charge in [0, 0.05) is 17.8 Å². The van der Waals surface area contributed by atoms with Crippen molar-refractivity contribution in [2.45, 2.75) is 20.0 Å². The predicted octanol–water partition coefficient (Wildman–Crippen LogP) is 2.16. The summed E-state index contributed by atoms with van der Waals surface area (Å²) in [7, 11) is 0. The van der Waals surface area contributed by atoms with Gasteiger partial charge in [-0.05, 0) is 38.1 Å². The van der Waals surface area contributed by atoms with E-state index in [9.17, 15) is 0 Å². The lowest BCUT2D eigenvalue weighted by Crippen LogP contribution is -2.13. The van der Waals surface area contributed by atoms with E-state index >= 15 is 0 Å². The van der Waals surface area contributed by atoms with Crippen molar-refractivity contribution >= 4 is 22.9 Å². The van der Waals surface area contributed by atoms with Gasteiger partial charge in [0.05, 0.1) is 12.7 Å². The molecule has 1 aromatic carbocycles. The Morgan fingerprint density at radius 1 is 1.38 bits per heavy atom. The maximum absolute atomic E-state index is 5.51. The highest BCUT2D eigenvalue weighted by Gasteiger charge is 1.97. The summed E-state index contributed by atoms with van der Waals surface area (Å²) in [6.07, 6.45) is 0.277. The Balaban J connectivity index is 2.35. The first-order valence-corrected chi connectivity index (χ1v) is 5.76. The summed E-state index contributed by atoms with van der Waals surface area (Å²) in [5.74, 6) is 0. The van der Waals surface area contributed by atoms with Crippen molar-refractivity contribution in [3.63, 3.8) is 0 Å². The van der Waals surface area contributed by atoms with Gasteiger partial charge in [-0.1, -0.05) is 12.2 Å². The average Bonchev–Trinajstić information content (AvgIpc) is 2.25. The minimum absolute atomic E-state index is 0.277. The number of nitrogens with two attached hydrogens (primary N) is 1. The Kier molecular flexibility index (Phi) is 5.22. The molecular weight excluding hydrogens is 220 g/mol. The third-order valence-corrected chi connectivity index (χ3v) is 2.29. The molecule has 0 saturated carbocycles. The molecule has 88 valence electrons. The molecule has 1 rings (SSSR count). The molecule has 0 amide bonds. The van der Waals surface area contributed by atoms with Gasteiger partial charge >= 0.3 is 0 Å². The van der Waals surface area contributed by atoms with Crippen LogP contribution in [-0.4, -0.2) is 24.2 Å². The molecule has 0 aromatic heterocycles. The molecule has 0 radical (unpaired) electrons. The first-order chi connectivity index (χ1) is 7.59. The number of rotatable bonds is 6. The van der Waals surface area contributed by atoms with Crippen molar-refractivity contribution in [2.24, 2.45) is 5.73 Å². The van der Waals surface area contributed by atoms with Crippen LogP contribution < -0.4 is 11.1 Å². The molecule has 4 heteroatoms. The van der Waals surface area contributed by atoms with E-state index in [0.29, 0.717) is 11.6 Å². The first-order valence-electron chi connectivity index (χ1n) is 5.35. The zero-order valence-corrected chi connectivity index (χ0v) is 10.5. The number of hydrogen-bond donors (Lipinski definition) is 2. The van der Waals surface area contributed by atoms with Crippen molar-refractivity contribution in [3.05, 3.63) is 29.8 Å². The fourth-order valence-corrected chi connectivity index (χ4v) is 1.38. The normalized spacial score (nSPS) is 10.4. The van der Waals surface area contributed by atoms with E-state index in [4.69, 9.17) is 22.7 Å². The summed E-state index contributed by atoms with van der Waals surface area (Å²) in [4.78, 5) is 0.426. The van der Waals surface area contributed by atoms with Gasteiger partial charge in [-0.25, -0.2) is 0 Å². The minimum atomic E-state index is 0.277. The van der Waals surface area contributed by atoms with Crippen LogP contribution in [0.1, 0.15) is 19.4 Å². The van der Waals surface area contributed by atoms with Crippen LogP contribution in [0.2, 0.25) is 0 Å². The summed E-state index contributed by atoms with van der Waals surface area (Å²) in [6.45, 7) is 5.55. The number of thiocarbonyl (C=S) groups is 1. The van der Waals surface area contributed by atoms with Crippen LogP contribution in [0.3, 0.4) is 0 Å². The van der Waals surface area contributed by atoms with E-state index in [0.717, 1.165) is 17.8 Å². The van der Waals surface area contributed by atoms with Gasteiger partial charge in [-0.3, -0.25) is 0 Å². The van der Waals surface area contributed by atoms with Gasteiger partial charge in [-0.2, -0.15) is 0 Å². The van der Waals surface area contributed by atoms with Crippen LogP contribution >= 0.6 is 12.2 Å². The van der Waals surface area contributed by atoms with Crippen LogP contribution in [0.4, 0.5) is 5.69 Å². The molecule has 3 N–H and O–H groups in total. The lowest BCUT2D eigenvalue weighted by Gasteiger charge is -2.09. The second kappa shape index (κ2) is 6.45. The fourth-order valence-electron chi connectivity index (χ4n) is 1.24. The van der Waals surface area contributed by atoms with E-state index in [2.05, 4.69) is 5.32 Å². The van der Waals surface area contributed by atoms with Crippen LogP contribution in [0.25, 0.3) is 0 Å². The highest BCUT2D eigenvalue weighted by molar-refractivity contribution is 7.80. The fraction of sp³-hybridized carbons (Fsp3) is 0.417. The van der Waals surface area contributed by atoms with Crippen LogP contribution in [-0.2, 0) is 4.74 Å². The molecule has 0 saturated heterocycles. The Hall–Kier alpha value is -1.13. The maximum Gasteiger partial charge on any atom is 0.103 e. The highest BCUT2D eigenvalue weighted by atomic mass is 32.1. The Morgan fingerprint density at radius 3 is 2.50 bits per heavy atom. The smallest absolute Gasteiger partial charge is 0.103 e. The predicted molar refractivity (Wildman–Crippen MR) is 71.9 cm³/mol. The van der Waals surface area contributed by atoms with Gasteiger partial charge < -0.3 is 15.8 Å². The monoisotopic (exact) mass is 238 g/mol. The quantitative estimate of drug-likeness (QED) is 0.589. The average molecular weight is 238 g/mol. The largest absolute Gasteiger partial charge is 0.389 e. The SMILES string of the molecule is CC(C)OCCNc1ccc(C(N)=S)cc1.